The molecular weight excluding hydrogens is 324 g/mol. The fourth-order valence-corrected chi connectivity index (χ4v) is 3.05. The molecule has 0 saturated carbocycles. The van der Waals surface area contributed by atoms with Crippen LogP contribution >= 0.6 is 11.6 Å². The number of halogens is 1. The van der Waals surface area contributed by atoms with Crippen molar-refractivity contribution in [3.63, 3.8) is 0 Å². The predicted octanol–water partition coefficient (Wildman–Crippen LogP) is 4.02. The number of aryl methyl sites for hydroxylation is 1. The van der Waals surface area contributed by atoms with E-state index in [9.17, 15) is 9.59 Å². The van der Waals surface area contributed by atoms with Gasteiger partial charge in [0.05, 0.1) is 10.7 Å². The molecule has 0 unspecified atom stereocenters. The molecule has 2 amide bonds. The lowest BCUT2D eigenvalue weighted by Crippen LogP contribution is -2.23. The summed E-state index contributed by atoms with van der Waals surface area (Å²) in [7, 11) is 0. The van der Waals surface area contributed by atoms with Crippen molar-refractivity contribution >= 4 is 29.1 Å². The first kappa shape index (κ1) is 16.5. The van der Waals surface area contributed by atoms with Gasteiger partial charge in [-0.25, -0.2) is 0 Å². The molecule has 1 N–H and O–H groups in total. The topological polar surface area (TPSA) is 49.4 Å². The van der Waals surface area contributed by atoms with Gasteiger partial charge in [0.25, 0.3) is 5.91 Å². The van der Waals surface area contributed by atoms with Crippen LogP contribution in [0.25, 0.3) is 0 Å². The normalized spacial score (nSPS) is 14.1. The number of hydrogen-bond donors (Lipinski definition) is 1. The quantitative estimate of drug-likeness (QED) is 0.912. The number of likely N-dealkylation sites (tertiary alicyclic amines) is 1. The number of hydrogen-bond acceptors (Lipinski definition) is 2. The van der Waals surface area contributed by atoms with Gasteiger partial charge in [-0.3, -0.25) is 9.59 Å². The Bertz CT molecular complexity index is 771. The second-order valence-corrected chi connectivity index (χ2v) is 6.46. The van der Waals surface area contributed by atoms with Crippen molar-refractivity contribution in [3.8, 4) is 0 Å². The van der Waals surface area contributed by atoms with Crippen molar-refractivity contribution in [2.75, 3.05) is 11.9 Å². The maximum Gasteiger partial charge on any atom is 0.255 e. The summed E-state index contributed by atoms with van der Waals surface area (Å²) in [5, 5.41) is 3.34. The van der Waals surface area contributed by atoms with Crippen molar-refractivity contribution in [1.29, 1.82) is 0 Å². The molecule has 0 aliphatic carbocycles. The smallest absolute Gasteiger partial charge is 0.255 e. The zero-order valence-corrected chi connectivity index (χ0v) is 14.3. The number of amides is 2. The minimum absolute atomic E-state index is 0.200. The largest absolute Gasteiger partial charge is 0.338 e. The van der Waals surface area contributed by atoms with Crippen molar-refractivity contribution in [3.05, 3.63) is 64.2 Å². The molecule has 124 valence electrons. The highest BCUT2D eigenvalue weighted by Gasteiger charge is 2.20. The van der Waals surface area contributed by atoms with Crippen LogP contribution in [0, 0.1) is 6.92 Å². The summed E-state index contributed by atoms with van der Waals surface area (Å²) in [6, 6.07) is 12.8. The van der Waals surface area contributed by atoms with Crippen LogP contribution < -0.4 is 5.32 Å². The molecule has 1 heterocycles. The molecule has 2 aromatic carbocycles. The van der Waals surface area contributed by atoms with Crippen LogP contribution in [-0.2, 0) is 11.3 Å². The molecule has 24 heavy (non-hydrogen) atoms. The molecular formula is C19H19ClN2O2. The molecule has 0 bridgehead atoms. The SMILES string of the molecule is Cc1ccc(NC(=O)c2ccc(CN3CCCC3=O)cc2)c(Cl)c1. The summed E-state index contributed by atoms with van der Waals surface area (Å²) >= 11 is 6.14. The third-order valence-electron chi connectivity index (χ3n) is 4.13. The lowest BCUT2D eigenvalue weighted by atomic mass is 10.1. The molecule has 1 fully saturated rings. The van der Waals surface area contributed by atoms with E-state index < -0.39 is 0 Å². The van der Waals surface area contributed by atoms with E-state index in [-0.39, 0.29) is 11.8 Å². The van der Waals surface area contributed by atoms with Crippen LogP contribution in [-0.4, -0.2) is 23.3 Å². The highest BCUT2D eigenvalue weighted by Crippen LogP contribution is 2.23. The highest BCUT2D eigenvalue weighted by atomic mass is 35.5. The Hall–Kier alpha value is -2.33. The minimum Gasteiger partial charge on any atom is -0.338 e. The Labute approximate surface area is 146 Å². The van der Waals surface area contributed by atoms with Gasteiger partial charge in [0.1, 0.15) is 0 Å². The van der Waals surface area contributed by atoms with E-state index in [0.29, 0.717) is 29.2 Å². The third-order valence-corrected chi connectivity index (χ3v) is 4.45. The lowest BCUT2D eigenvalue weighted by Gasteiger charge is -2.15. The first-order valence-corrected chi connectivity index (χ1v) is 8.35. The maximum absolute atomic E-state index is 12.3. The molecule has 1 aliphatic heterocycles. The van der Waals surface area contributed by atoms with Gasteiger partial charge in [-0.2, -0.15) is 0 Å². The molecule has 0 radical (unpaired) electrons. The molecule has 2 aromatic rings. The second-order valence-electron chi connectivity index (χ2n) is 6.05. The van der Waals surface area contributed by atoms with Crippen LogP contribution in [0.4, 0.5) is 5.69 Å². The second kappa shape index (κ2) is 7.05. The average molecular weight is 343 g/mol. The van der Waals surface area contributed by atoms with Gasteiger partial charge in [-0.15, -0.1) is 0 Å². The monoisotopic (exact) mass is 342 g/mol. The molecule has 3 rings (SSSR count). The van der Waals surface area contributed by atoms with Gasteiger partial charge in [0.15, 0.2) is 0 Å². The zero-order chi connectivity index (χ0) is 17.1. The molecule has 1 saturated heterocycles. The standard InChI is InChI=1S/C19H19ClN2O2/c1-13-4-9-17(16(20)11-13)21-19(24)15-7-5-14(6-8-15)12-22-10-2-3-18(22)23/h4-9,11H,2-3,10,12H2,1H3,(H,21,24). The van der Waals surface area contributed by atoms with E-state index in [4.69, 9.17) is 11.6 Å². The maximum atomic E-state index is 12.3. The summed E-state index contributed by atoms with van der Waals surface area (Å²) in [6.45, 7) is 3.36. The van der Waals surface area contributed by atoms with Crippen molar-refractivity contribution in [2.45, 2.75) is 26.3 Å². The number of rotatable bonds is 4. The van der Waals surface area contributed by atoms with Gasteiger partial charge in [0.2, 0.25) is 5.91 Å². The summed E-state index contributed by atoms with van der Waals surface area (Å²) in [5.74, 6) is -0.00427. The Morgan fingerprint density at radius 1 is 1.21 bits per heavy atom. The fraction of sp³-hybridized carbons (Fsp3) is 0.263. The van der Waals surface area contributed by atoms with Gasteiger partial charge >= 0.3 is 0 Å². The Morgan fingerprint density at radius 2 is 1.96 bits per heavy atom. The van der Waals surface area contributed by atoms with Crippen LogP contribution in [0.5, 0.6) is 0 Å². The molecule has 1 aliphatic rings. The zero-order valence-electron chi connectivity index (χ0n) is 13.5. The van der Waals surface area contributed by atoms with Crippen molar-refractivity contribution in [2.24, 2.45) is 0 Å². The van der Waals surface area contributed by atoms with Crippen molar-refractivity contribution in [1.82, 2.24) is 4.90 Å². The Kier molecular flexibility index (Phi) is 4.86. The van der Waals surface area contributed by atoms with Gasteiger partial charge in [-0.05, 0) is 48.7 Å². The summed E-state index contributed by atoms with van der Waals surface area (Å²) < 4.78 is 0. The molecule has 4 nitrogen and oxygen atoms in total. The number of benzene rings is 2. The van der Waals surface area contributed by atoms with Gasteiger partial charge in [-0.1, -0.05) is 29.8 Å². The number of carbonyl (C=O) groups is 2. The summed E-state index contributed by atoms with van der Waals surface area (Å²) in [6.07, 6.45) is 1.56. The van der Waals surface area contributed by atoms with E-state index in [1.165, 1.54) is 0 Å². The third kappa shape index (κ3) is 3.77. The predicted molar refractivity (Wildman–Crippen MR) is 95.2 cm³/mol. The Morgan fingerprint density at radius 3 is 2.58 bits per heavy atom. The van der Waals surface area contributed by atoms with E-state index in [0.717, 1.165) is 24.1 Å². The fourth-order valence-electron chi connectivity index (χ4n) is 2.77. The van der Waals surface area contributed by atoms with E-state index >= 15 is 0 Å². The average Bonchev–Trinajstić information content (AvgIpc) is 2.96. The first-order valence-electron chi connectivity index (χ1n) is 7.97. The molecule has 0 spiro atoms. The van der Waals surface area contributed by atoms with Crippen LogP contribution in [0.2, 0.25) is 5.02 Å². The number of anilines is 1. The number of nitrogens with one attached hydrogen (secondary N) is 1. The molecule has 0 atom stereocenters. The number of carbonyl (C=O) groups excluding carboxylic acids is 2. The summed E-state index contributed by atoms with van der Waals surface area (Å²) in [4.78, 5) is 25.8. The molecule has 0 aromatic heterocycles. The van der Waals surface area contributed by atoms with Crippen LogP contribution in [0.3, 0.4) is 0 Å². The van der Waals surface area contributed by atoms with Crippen LogP contribution in [0.1, 0.15) is 34.3 Å². The van der Waals surface area contributed by atoms with Gasteiger partial charge in [0, 0.05) is 25.1 Å². The molecule has 5 heteroatoms. The van der Waals surface area contributed by atoms with E-state index in [1.54, 1.807) is 18.2 Å². The van der Waals surface area contributed by atoms with E-state index in [1.807, 2.05) is 36.1 Å². The van der Waals surface area contributed by atoms with Crippen molar-refractivity contribution < 1.29 is 9.59 Å². The van der Waals surface area contributed by atoms with Gasteiger partial charge < -0.3 is 10.2 Å². The highest BCUT2D eigenvalue weighted by molar-refractivity contribution is 6.34. The summed E-state index contributed by atoms with van der Waals surface area (Å²) in [5.41, 5.74) is 3.22. The Balaban J connectivity index is 1.66. The lowest BCUT2D eigenvalue weighted by molar-refractivity contribution is -0.128. The van der Waals surface area contributed by atoms with Crippen LogP contribution in [0.15, 0.2) is 42.5 Å². The number of nitrogens with zero attached hydrogens (tertiary/aromatic N) is 1. The minimum atomic E-state index is -0.204. The first-order chi connectivity index (χ1) is 11.5. The van der Waals surface area contributed by atoms with E-state index in [2.05, 4.69) is 5.32 Å².